The standard InChI is InChI=1S/C23H33NO4S/c1-15-14-20(26)17(16(15)8-4-2-3-5-11-22(27)28)12-13-19(25)23-24-18-9-6-7-10-21(18)29-23/h6-7,9-10,15-17,19-20,25-26H,2-5,8,11-14H2,1H3,(H,27,28). The van der Waals surface area contributed by atoms with Crippen molar-refractivity contribution >= 4 is 27.5 Å². The normalized spacial score (nSPS) is 25.5. The minimum absolute atomic E-state index is 0.230. The molecule has 0 bridgehead atoms. The van der Waals surface area contributed by atoms with Crippen LogP contribution in [0, 0.1) is 17.8 Å². The number of aromatic nitrogens is 1. The highest BCUT2D eigenvalue weighted by atomic mass is 32.1. The Labute approximate surface area is 176 Å². The smallest absolute Gasteiger partial charge is 0.303 e. The quantitative estimate of drug-likeness (QED) is 0.437. The summed E-state index contributed by atoms with van der Waals surface area (Å²) in [5.41, 5.74) is 0.932. The van der Waals surface area contributed by atoms with E-state index in [0.717, 1.165) is 60.2 Å². The Morgan fingerprint density at radius 2 is 1.93 bits per heavy atom. The molecule has 5 nitrogen and oxygen atoms in total. The highest BCUT2D eigenvalue weighted by Gasteiger charge is 2.39. The van der Waals surface area contributed by atoms with Gasteiger partial charge >= 0.3 is 5.97 Å². The molecule has 1 heterocycles. The molecule has 6 heteroatoms. The van der Waals surface area contributed by atoms with Gasteiger partial charge in [-0.05, 0) is 62.0 Å². The van der Waals surface area contributed by atoms with Crippen LogP contribution in [0.2, 0.25) is 0 Å². The maximum Gasteiger partial charge on any atom is 0.303 e. The lowest BCUT2D eigenvalue weighted by atomic mass is 9.82. The highest BCUT2D eigenvalue weighted by molar-refractivity contribution is 7.18. The van der Waals surface area contributed by atoms with E-state index >= 15 is 0 Å². The van der Waals surface area contributed by atoms with Gasteiger partial charge in [-0.1, -0.05) is 38.3 Å². The van der Waals surface area contributed by atoms with E-state index in [0.29, 0.717) is 18.3 Å². The lowest BCUT2D eigenvalue weighted by molar-refractivity contribution is -0.137. The molecule has 1 aromatic heterocycles. The van der Waals surface area contributed by atoms with Crippen molar-refractivity contribution in [2.45, 2.75) is 76.9 Å². The number of carboxylic acids is 1. The lowest BCUT2D eigenvalue weighted by Gasteiger charge is -2.25. The molecular weight excluding hydrogens is 386 g/mol. The van der Waals surface area contributed by atoms with Crippen molar-refractivity contribution in [3.63, 3.8) is 0 Å². The van der Waals surface area contributed by atoms with Gasteiger partial charge in [0.1, 0.15) is 11.1 Å². The molecule has 1 aromatic carbocycles. The molecule has 0 aliphatic heterocycles. The van der Waals surface area contributed by atoms with Crippen molar-refractivity contribution in [3.05, 3.63) is 29.3 Å². The van der Waals surface area contributed by atoms with Crippen LogP contribution < -0.4 is 0 Å². The summed E-state index contributed by atoms with van der Waals surface area (Å²) in [5, 5.41) is 30.7. The average Bonchev–Trinajstić information content (AvgIpc) is 3.23. The lowest BCUT2D eigenvalue weighted by Crippen LogP contribution is -2.21. The number of carboxylic acid groups (broad SMARTS) is 1. The number of aliphatic hydroxyl groups excluding tert-OH is 2. The summed E-state index contributed by atoms with van der Waals surface area (Å²) >= 11 is 1.55. The molecule has 3 rings (SSSR count). The van der Waals surface area contributed by atoms with Gasteiger partial charge in [-0.15, -0.1) is 11.3 Å². The van der Waals surface area contributed by atoms with E-state index in [2.05, 4.69) is 11.9 Å². The summed E-state index contributed by atoms with van der Waals surface area (Å²) in [7, 11) is 0. The molecule has 2 aromatic rings. The molecule has 1 aliphatic rings. The predicted molar refractivity (Wildman–Crippen MR) is 116 cm³/mol. The van der Waals surface area contributed by atoms with Gasteiger partial charge in [0.05, 0.1) is 16.3 Å². The van der Waals surface area contributed by atoms with Crippen molar-refractivity contribution in [2.75, 3.05) is 0 Å². The zero-order chi connectivity index (χ0) is 20.8. The number of para-hydroxylation sites is 1. The van der Waals surface area contributed by atoms with Crippen molar-refractivity contribution < 1.29 is 20.1 Å². The SMILES string of the molecule is CC1CC(O)C(CCC(O)c2nc3ccccc3s2)C1CCCCCCC(=O)O. The van der Waals surface area contributed by atoms with Crippen molar-refractivity contribution in [1.29, 1.82) is 0 Å². The molecule has 1 aliphatic carbocycles. The number of nitrogens with zero attached hydrogens (tertiary/aromatic N) is 1. The van der Waals surface area contributed by atoms with Gasteiger partial charge in [-0.2, -0.15) is 0 Å². The molecule has 160 valence electrons. The number of hydrogen-bond donors (Lipinski definition) is 3. The van der Waals surface area contributed by atoms with E-state index in [1.54, 1.807) is 11.3 Å². The minimum atomic E-state index is -0.718. The van der Waals surface area contributed by atoms with Gasteiger partial charge in [0.2, 0.25) is 0 Å². The Bertz CT molecular complexity index is 759. The van der Waals surface area contributed by atoms with Crippen LogP contribution in [-0.2, 0) is 4.79 Å². The van der Waals surface area contributed by atoms with Gasteiger partial charge < -0.3 is 15.3 Å². The third-order valence-electron chi connectivity index (χ3n) is 6.44. The molecule has 3 N–H and O–H groups in total. The first-order chi connectivity index (χ1) is 14.0. The predicted octanol–water partition coefficient (Wildman–Crippen LogP) is 5.17. The Hall–Kier alpha value is -1.50. The number of rotatable bonds is 11. The topological polar surface area (TPSA) is 90.7 Å². The van der Waals surface area contributed by atoms with Crippen LogP contribution in [0.5, 0.6) is 0 Å². The summed E-state index contributed by atoms with van der Waals surface area (Å²) in [6.45, 7) is 2.22. The van der Waals surface area contributed by atoms with E-state index < -0.39 is 12.1 Å². The van der Waals surface area contributed by atoms with Crippen LogP contribution in [0.4, 0.5) is 0 Å². The second-order valence-electron chi connectivity index (χ2n) is 8.57. The molecule has 0 amide bonds. The molecule has 29 heavy (non-hydrogen) atoms. The largest absolute Gasteiger partial charge is 0.481 e. The van der Waals surface area contributed by atoms with E-state index in [1.165, 1.54) is 0 Å². The molecule has 0 spiro atoms. The summed E-state index contributed by atoms with van der Waals surface area (Å²) in [5.74, 6) is 0.484. The molecule has 5 unspecified atom stereocenters. The first kappa shape index (κ1) is 22.2. The molecule has 1 saturated carbocycles. The number of benzene rings is 1. The first-order valence-electron chi connectivity index (χ1n) is 10.9. The van der Waals surface area contributed by atoms with Gasteiger partial charge in [0, 0.05) is 6.42 Å². The molecule has 5 atom stereocenters. The van der Waals surface area contributed by atoms with Crippen LogP contribution in [0.3, 0.4) is 0 Å². The zero-order valence-corrected chi connectivity index (χ0v) is 18.0. The van der Waals surface area contributed by atoms with Crippen LogP contribution in [0.1, 0.15) is 75.8 Å². The number of carbonyl (C=O) groups is 1. The number of aliphatic hydroxyl groups is 2. The van der Waals surface area contributed by atoms with Crippen LogP contribution in [-0.4, -0.2) is 32.4 Å². The van der Waals surface area contributed by atoms with Crippen molar-refractivity contribution in [1.82, 2.24) is 4.98 Å². The Morgan fingerprint density at radius 1 is 1.17 bits per heavy atom. The number of fused-ring (bicyclic) bond motifs is 1. The fourth-order valence-electron chi connectivity index (χ4n) is 4.86. The van der Waals surface area contributed by atoms with Crippen molar-refractivity contribution in [2.24, 2.45) is 17.8 Å². The van der Waals surface area contributed by atoms with E-state index in [-0.39, 0.29) is 18.4 Å². The first-order valence-corrected chi connectivity index (χ1v) is 11.7. The van der Waals surface area contributed by atoms with Crippen LogP contribution >= 0.6 is 11.3 Å². The summed E-state index contributed by atoms with van der Waals surface area (Å²) < 4.78 is 1.09. The highest BCUT2D eigenvalue weighted by Crippen LogP contribution is 2.43. The van der Waals surface area contributed by atoms with Gasteiger partial charge in [-0.3, -0.25) is 4.79 Å². The van der Waals surface area contributed by atoms with Crippen molar-refractivity contribution in [3.8, 4) is 0 Å². The third-order valence-corrected chi connectivity index (χ3v) is 7.57. The van der Waals surface area contributed by atoms with E-state index in [9.17, 15) is 15.0 Å². The fraction of sp³-hybridized carbons (Fsp3) is 0.652. The minimum Gasteiger partial charge on any atom is -0.481 e. The average molecular weight is 420 g/mol. The molecule has 1 fully saturated rings. The monoisotopic (exact) mass is 419 g/mol. The van der Waals surface area contributed by atoms with E-state index in [4.69, 9.17) is 5.11 Å². The Kier molecular flexibility index (Phi) is 8.04. The van der Waals surface area contributed by atoms with Crippen LogP contribution in [0.25, 0.3) is 10.2 Å². The maximum atomic E-state index is 10.7. The third kappa shape index (κ3) is 6.00. The van der Waals surface area contributed by atoms with Gasteiger partial charge in [-0.25, -0.2) is 4.98 Å². The number of hydrogen-bond acceptors (Lipinski definition) is 5. The summed E-state index contributed by atoms with van der Waals surface area (Å²) in [4.78, 5) is 15.2. The number of thiazole rings is 1. The maximum absolute atomic E-state index is 10.7. The number of unbranched alkanes of at least 4 members (excludes halogenated alkanes) is 3. The van der Waals surface area contributed by atoms with Crippen LogP contribution in [0.15, 0.2) is 24.3 Å². The summed E-state index contributed by atoms with van der Waals surface area (Å²) in [6, 6.07) is 7.94. The number of aliphatic carboxylic acids is 1. The summed E-state index contributed by atoms with van der Waals surface area (Å²) in [6.07, 6.45) is 6.58. The zero-order valence-electron chi connectivity index (χ0n) is 17.2. The van der Waals surface area contributed by atoms with E-state index in [1.807, 2.05) is 24.3 Å². The molecule has 0 radical (unpaired) electrons. The van der Waals surface area contributed by atoms with Gasteiger partial charge in [0.15, 0.2) is 0 Å². The second-order valence-corrected chi connectivity index (χ2v) is 9.63. The second kappa shape index (κ2) is 10.5. The molecular formula is C23H33NO4S. The Balaban J connectivity index is 1.48. The fourth-order valence-corrected chi connectivity index (χ4v) is 5.85. The van der Waals surface area contributed by atoms with Gasteiger partial charge in [0.25, 0.3) is 0 Å². The molecule has 0 saturated heterocycles. The Morgan fingerprint density at radius 3 is 2.69 bits per heavy atom.